The molecule has 0 spiro atoms. The van der Waals surface area contributed by atoms with E-state index in [1.165, 1.54) is 6.20 Å². The summed E-state index contributed by atoms with van der Waals surface area (Å²) in [7, 11) is 0. The SMILES string of the molecule is O=C1CC[C@H]2O[C@@H](c3ccncc3CC(=O)c3ccc(F)c(-c4c(F)cccc4F)n3)C[C@@H](O)[C@@H]2N1. The molecule has 4 heterocycles. The number of fused-ring (bicyclic) bond motifs is 1. The number of benzene rings is 1. The first kappa shape index (κ1) is 24.1. The lowest BCUT2D eigenvalue weighted by Gasteiger charge is -2.43. The molecule has 3 aromatic rings. The zero-order chi connectivity index (χ0) is 25.4. The molecule has 0 unspecified atom stereocenters. The number of pyridine rings is 2. The van der Waals surface area contributed by atoms with Crippen molar-refractivity contribution in [2.75, 3.05) is 0 Å². The van der Waals surface area contributed by atoms with E-state index in [0.717, 1.165) is 30.3 Å². The Kier molecular flexibility index (Phi) is 6.55. The van der Waals surface area contributed by atoms with Gasteiger partial charge in [0.25, 0.3) is 0 Å². The summed E-state index contributed by atoms with van der Waals surface area (Å²) in [6.45, 7) is 0. The molecular formula is C26H22F3N3O4. The van der Waals surface area contributed by atoms with Crippen molar-refractivity contribution in [3.05, 3.63) is 83.1 Å². The van der Waals surface area contributed by atoms with E-state index in [1.54, 1.807) is 12.3 Å². The van der Waals surface area contributed by atoms with Crippen molar-refractivity contribution >= 4 is 11.7 Å². The highest BCUT2D eigenvalue weighted by atomic mass is 19.1. The molecule has 0 aliphatic carbocycles. The van der Waals surface area contributed by atoms with Crippen LogP contribution in [0.25, 0.3) is 11.3 Å². The van der Waals surface area contributed by atoms with E-state index >= 15 is 0 Å². The van der Waals surface area contributed by atoms with Gasteiger partial charge in [0.2, 0.25) is 5.91 Å². The molecule has 0 radical (unpaired) electrons. The third-order valence-corrected chi connectivity index (χ3v) is 6.56. The predicted molar refractivity (Wildman–Crippen MR) is 121 cm³/mol. The molecule has 2 N–H and O–H groups in total. The summed E-state index contributed by atoms with van der Waals surface area (Å²) in [6.07, 6.45) is 2.10. The van der Waals surface area contributed by atoms with Crippen LogP contribution in [0, 0.1) is 17.5 Å². The fourth-order valence-electron chi connectivity index (χ4n) is 4.79. The molecule has 2 aromatic heterocycles. The molecule has 7 nitrogen and oxygen atoms in total. The van der Waals surface area contributed by atoms with E-state index < -0.39 is 52.7 Å². The van der Waals surface area contributed by atoms with E-state index in [4.69, 9.17) is 4.74 Å². The number of nitrogens with zero attached hydrogens (tertiary/aromatic N) is 2. The fourth-order valence-corrected chi connectivity index (χ4v) is 4.79. The summed E-state index contributed by atoms with van der Waals surface area (Å²) in [4.78, 5) is 32.8. The summed E-state index contributed by atoms with van der Waals surface area (Å²) >= 11 is 0. The molecule has 1 amide bonds. The summed E-state index contributed by atoms with van der Waals surface area (Å²) in [5.41, 5.74) is -0.237. The molecule has 0 bridgehead atoms. The second-order valence-electron chi connectivity index (χ2n) is 8.90. The second kappa shape index (κ2) is 9.79. The normalized spacial score (nSPS) is 23.6. The lowest BCUT2D eigenvalue weighted by molar-refractivity contribution is -0.150. The van der Waals surface area contributed by atoms with Gasteiger partial charge < -0.3 is 15.2 Å². The molecular weight excluding hydrogens is 475 g/mol. The van der Waals surface area contributed by atoms with Crippen LogP contribution in [0.1, 0.15) is 47.0 Å². The Morgan fingerprint density at radius 3 is 2.67 bits per heavy atom. The number of hydrogen-bond acceptors (Lipinski definition) is 6. The Bertz CT molecular complexity index is 1320. The molecule has 186 valence electrons. The van der Waals surface area contributed by atoms with E-state index in [-0.39, 0.29) is 30.5 Å². The molecule has 10 heteroatoms. The molecule has 2 aliphatic heterocycles. The standard InChI is InChI=1S/C26H22F3N3O4/c27-15-2-1-3-16(28)24(15)25-17(29)4-5-18(31-25)19(33)10-13-12-30-9-8-14(13)22-11-20(34)26-21(36-22)6-7-23(35)32-26/h1-5,8-9,12,20-22,26,34H,6-7,10-11H2,(H,32,35)/t20-,21-,22-,26+/m1/s1. The molecule has 0 saturated carbocycles. The predicted octanol–water partition coefficient (Wildman–Crippen LogP) is 3.46. The van der Waals surface area contributed by atoms with Gasteiger partial charge in [-0.05, 0) is 47.9 Å². The van der Waals surface area contributed by atoms with Crippen LogP contribution in [0.4, 0.5) is 13.2 Å². The van der Waals surface area contributed by atoms with Crippen molar-refractivity contribution in [3.63, 3.8) is 0 Å². The first-order valence-corrected chi connectivity index (χ1v) is 11.5. The zero-order valence-electron chi connectivity index (χ0n) is 19.0. The van der Waals surface area contributed by atoms with Gasteiger partial charge in [-0.1, -0.05) is 6.07 Å². The van der Waals surface area contributed by atoms with Gasteiger partial charge >= 0.3 is 0 Å². The molecule has 2 aliphatic rings. The second-order valence-corrected chi connectivity index (χ2v) is 8.90. The molecule has 36 heavy (non-hydrogen) atoms. The Hall–Kier alpha value is -3.63. The van der Waals surface area contributed by atoms with E-state index in [1.807, 2.05) is 0 Å². The quantitative estimate of drug-likeness (QED) is 0.524. The number of carbonyl (C=O) groups excluding carboxylic acids is 2. The van der Waals surface area contributed by atoms with E-state index in [2.05, 4.69) is 15.3 Å². The number of Topliss-reactive ketones (excluding diaryl/α,β-unsaturated/α-hetero) is 1. The summed E-state index contributed by atoms with van der Waals surface area (Å²) in [6, 6.07) is 6.43. The van der Waals surface area contributed by atoms with Crippen molar-refractivity contribution in [2.24, 2.45) is 0 Å². The average Bonchev–Trinajstić information content (AvgIpc) is 2.85. The molecule has 1 aromatic carbocycles. The van der Waals surface area contributed by atoms with Crippen molar-refractivity contribution < 1.29 is 32.6 Å². The fraction of sp³-hybridized carbons (Fsp3) is 0.308. The summed E-state index contributed by atoms with van der Waals surface area (Å²) in [5.74, 6) is -3.59. The van der Waals surface area contributed by atoms with Crippen molar-refractivity contribution in [1.29, 1.82) is 0 Å². The minimum absolute atomic E-state index is 0.131. The highest BCUT2D eigenvalue weighted by molar-refractivity contribution is 5.96. The number of piperidine rings is 1. The molecule has 2 fully saturated rings. The van der Waals surface area contributed by atoms with Crippen LogP contribution < -0.4 is 5.32 Å². The minimum Gasteiger partial charge on any atom is -0.391 e. The van der Waals surface area contributed by atoms with Gasteiger partial charge in [0.05, 0.1) is 29.9 Å². The number of aliphatic hydroxyl groups is 1. The maximum atomic E-state index is 14.4. The largest absolute Gasteiger partial charge is 0.391 e. The highest BCUT2D eigenvalue weighted by Crippen LogP contribution is 2.36. The number of ether oxygens (including phenoxy) is 1. The van der Waals surface area contributed by atoms with Gasteiger partial charge in [0, 0.05) is 31.7 Å². The zero-order valence-corrected chi connectivity index (χ0v) is 19.0. The van der Waals surface area contributed by atoms with Crippen LogP contribution in [0.3, 0.4) is 0 Å². The van der Waals surface area contributed by atoms with E-state index in [0.29, 0.717) is 24.0 Å². The Morgan fingerprint density at radius 2 is 1.89 bits per heavy atom. The Balaban J connectivity index is 1.40. The van der Waals surface area contributed by atoms with Crippen LogP contribution in [0.5, 0.6) is 0 Å². The Morgan fingerprint density at radius 1 is 1.11 bits per heavy atom. The van der Waals surface area contributed by atoms with Crippen LogP contribution >= 0.6 is 0 Å². The smallest absolute Gasteiger partial charge is 0.220 e. The van der Waals surface area contributed by atoms with Gasteiger partial charge in [-0.2, -0.15) is 0 Å². The number of aromatic nitrogens is 2. The van der Waals surface area contributed by atoms with Crippen LogP contribution in [-0.4, -0.2) is 45.0 Å². The first-order valence-electron chi connectivity index (χ1n) is 11.5. The number of hydrogen-bond donors (Lipinski definition) is 2. The maximum Gasteiger partial charge on any atom is 0.220 e. The highest BCUT2D eigenvalue weighted by Gasteiger charge is 2.42. The topological polar surface area (TPSA) is 101 Å². The third-order valence-electron chi connectivity index (χ3n) is 6.56. The summed E-state index contributed by atoms with van der Waals surface area (Å²) in [5, 5.41) is 13.4. The van der Waals surface area contributed by atoms with Crippen LogP contribution in [0.2, 0.25) is 0 Å². The van der Waals surface area contributed by atoms with Crippen LogP contribution in [-0.2, 0) is 16.0 Å². The van der Waals surface area contributed by atoms with Gasteiger partial charge in [-0.25, -0.2) is 18.2 Å². The van der Waals surface area contributed by atoms with Crippen molar-refractivity contribution in [1.82, 2.24) is 15.3 Å². The number of ketones is 1. The number of halogens is 3. The van der Waals surface area contributed by atoms with Gasteiger partial charge in [0.15, 0.2) is 5.78 Å². The van der Waals surface area contributed by atoms with E-state index in [9.17, 15) is 27.9 Å². The van der Waals surface area contributed by atoms with Crippen molar-refractivity contribution in [3.8, 4) is 11.3 Å². The molecule has 2 saturated heterocycles. The molecule has 5 rings (SSSR count). The average molecular weight is 497 g/mol. The lowest BCUT2D eigenvalue weighted by Crippen LogP contribution is -2.58. The molecule has 4 atom stereocenters. The number of nitrogens with one attached hydrogen (secondary N) is 1. The van der Waals surface area contributed by atoms with Gasteiger partial charge in [0.1, 0.15) is 28.8 Å². The lowest BCUT2D eigenvalue weighted by atomic mass is 9.86. The van der Waals surface area contributed by atoms with Gasteiger partial charge in [-0.3, -0.25) is 14.6 Å². The number of aliphatic hydroxyl groups excluding tert-OH is 1. The number of amides is 1. The third kappa shape index (κ3) is 4.61. The number of carbonyl (C=O) groups is 2. The first-order chi connectivity index (χ1) is 17.3. The maximum absolute atomic E-state index is 14.4. The monoisotopic (exact) mass is 497 g/mol. The summed E-state index contributed by atoms with van der Waals surface area (Å²) < 4.78 is 49.1. The van der Waals surface area contributed by atoms with Crippen molar-refractivity contribution in [2.45, 2.75) is 50.0 Å². The minimum atomic E-state index is -0.995. The van der Waals surface area contributed by atoms with Crippen LogP contribution in [0.15, 0.2) is 48.8 Å². The Labute approximate surface area is 204 Å². The van der Waals surface area contributed by atoms with Gasteiger partial charge in [-0.15, -0.1) is 0 Å². The number of rotatable bonds is 5.